The second-order valence-electron chi connectivity index (χ2n) is 3.41. The zero-order chi connectivity index (χ0) is 13.2. The molecule has 4 nitrogen and oxygen atoms in total. The first-order valence-corrected chi connectivity index (χ1v) is 4.88. The standard InChI is InChI=1S/C9H8ClF3N2O2/c1-4(9(11,12)13)6(8(16)17)7-14-2-5(10)3-15-7/h2-4,6H,1H3,(H,16,17)/t4-,6-/m1/s1. The third-order valence-electron chi connectivity index (χ3n) is 2.20. The van der Waals surface area contributed by atoms with Gasteiger partial charge >= 0.3 is 12.1 Å². The van der Waals surface area contributed by atoms with E-state index in [1.165, 1.54) is 0 Å². The fourth-order valence-electron chi connectivity index (χ4n) is 1.22. The molecule has 0 aliphatic heterocycles. The Morgan fingerprint density at radius 3 is 2.24 bits per heavy atom. The van der Waals surface area contributed by atoms with E-state index in [1.54, 1.807) is 0 Å². The molecule has 0 fully saturated rings. The number of carbonyl (C=O) groups is 1. The van der Waals surface area contributed by atoms with Gasteiger partial charge in [-0.3, -0.25) is 4.79 Å². The first-order valence-electron chi connectivity index (χ1n) is 4.50. The van der Waals surface area contributed by atoms with E-state index in [2.05, 4.69) is 9.97 Å². The van der Waals surface area contributed by atoms with Crippen molar-refractivity contribution in [1.82, 2.24) is 9.97 Å². The molecule has 1 heterocycles. The van der Waals surface area contributed by atoms with Gasteiger partial charge in [-0.05, 0) is 0 Å². The van der Waals surface area contributed by atoms with Crippen molar-refractivity contribution in [2.45, 2.75) is 19.0 Å². The summed E-state index contributed by atoms with van der Waals surface area (Å²) in [6.45, 7) is 0.775. The van der Waals surface area contributed by atoms with Gasteiger partial charge < -0.3 is 5.11 Å². The second-order valence-corrected chi connectivity index (χ2v) is 3.84. The number of halogens is 4. The fraction of sp³-hybridized carbons (Fsp3) is 0.444. The molecule has 0 aliphatic rings. The average molecular weight is 269 g/mol. The van der Waals surface area contributed by atoms with Crippen molar-refractivity contribution in [3.8, 4) is 0 Å². The molecule has 8 heteroatoms. The predicted octanol–water partition coefficient (Wildman–Crippen LogP) is 2.50. The van der Waals surface area contributed by atoms with Crippen molar-refractivity contribution in [2.24, 2.45) is 5.92 Å². The lowest BCUT2D eigenvalue weighted by molar-refractivity contribution is -0.184. The van der Waals surface area contributed by atoms with Crippen molar-refractivity contribution in [2.75, 3.05) is 0 Å². The SMILES string of the molecule is C[C@H]([C@@H](C(=O)O)c1ncc(Cl)cn1)C(F)(F)F. The highest BCUT2D eigenvalue weighted by Gasteiger charge is 2.46. The molecule has 0 unspecified atom stereocenters. The lowest BCUT2D eigenvalue weighted by Gasteiger charge is -2.21. The quantitative estimate of drug-likeness (QED) is 0.915. The summed E-state index contributed by atoms with van der Waals surface area (Å²) < 4.78 is 37.4. The average Bonchev–Trinajstić information content (AvgIpc) is 2.19. The molecular formula is C9H8ClF3N2O2. The van der Waals surface area contributed by atoms with Crippen LogP contribution >= 0.6 is 11.6 Å². The Balaban J connectivity index is 3.10. The third kappa shape index (κ3) is 3.29. The molecule has 0 amide bonds. The molecule has 0 radical (unpaired) electrons. The lowest BCUT2D eigenvalue weighted by atomic mass is 9.92. The molecular weight excluding hydrogens is 261 g/mol. The smallest absolute Gasteiger partial charge is 0.392 e. The van der Waals surface area contributed by atoms with Crippen LogP contribution in [0.1, 0.15) is 18.7 Å². The maximum atomic E-state index is 12.5. The second kappa shape index (κ2) is 4.87. The van der Waals surface area contributed by atoms with Crippen LogP contribution in [0.25, 0.3) is 0 Å². The molecule has 0 bridgehead atoms. The predicted molar refractivity (Wildman–Crippen MR) is 52.6 cm³/mol. The van der Waals surface area contributed by atoms with Crippen LogP contribution in [0.5, 0.6) is 0 Å². The van der Waals surface area contributed by atoms with E-state index in [4.69, 9.17) is 16.7 Å². The van der Waals surface area contributed by atoms with Crippen molar-refractivity contribution in [3.05, 3.63) is 23.2 Å². The Bertz CT molecular complexity index is 408. The molecule has 0 aliphatic carbocycles. The van der Waals surface area contributed by atoms with Crippen LogP contribution in [-0.4, -0.2) is 27.2 Å². The number of aliphatic carboxylic acids is 1. The van der Waals surface area contributed by atoms with E-state index in [1.807, 2.05) is 0 Å². The Morgan fingerprint density at radius 1 is 1.41 bits per heavy atom. The first-order chi connectivity index (χ1) is 7.73. The molecule has 0 saturated heterocycles. The van der Waals surface area contributed by atoms with Gasteiger partial charge in [-0.2, -0.15) is 13.2 Å². The van der Waals surface area contributed by atoms with Gasteiger partial charge in [0, 0.05) is 12.4 Å². The molecule has 1 aromatic heterocycles. The van der Waals surface area contributed by atoms with Crippen LogP contribution in [0, 0.1) is 5.92 Å². The fourth-order valence-corrected chi connectivity index (χ4v) is 1.32. The molecule has 0 saturated carbocycles. The summed E-state index contributed by atoms with van der Waals surface area (Å²) in [6, 6.07) is 0. The van der Waals surface area contributed by atoms with Gasteiger partial charge in [0.05, 0.1) is 10.9 Å². The number of carboxylic acid groups (broad SMARTS) is 1. The summed E-state index contributed by atoms with van der Waals surface area (Å²) >= 11 is 5.47. The number of hydrogen-bond donors (Lipinski definition) is 1. The van der Waals surface area contributed by atoms with Gasteiger partial charge in [-0.25, -0.2) is 9.97 Å². The molecule has 17 heavy (non-hydrogen) atoms. The normalized spacial score (nSPS) is 15.4. The monoisotopic (exact) mass is 268 g/mol. The van der Waals surface area contributed by atoms with Crippen LogP contribution < -0.4 is 0 Å². The van der Waals surface area contributed by atoms with Crippen LogP contribution in [0.2, 0.25) is 5.02 Å². The summed E-state index contributed by atoms with van der Waals surface area (Å²) in [7, 11) is 0. The minimum atomic E-state index is -4.63. The van der Waals surface area contributed by atoms with Gasteiger partial charge in [0.2, 0.25) is 0 Å². The molecule has 94 valence electrons. The number of carboxylic acids is 1. The molecule has 1 rings (SSSR count). The van der Waals surface area contributed by atoms with E-state index in [0.29, 0.717) is 0 Å². The molecule has 1 aromatic rings. The maximum Gasteiger partial charge on any atom is 0.392 e. The Labute approximate surface area is 99.5 Å². The van der Waals surface area contributed by atoms with Crippen LogP contribution in [0.15, 0.2) is 12.4 Å². The van der Waals surface area contributed by atoms with Gasteiger partial charge in [0.25, 0.3) is 0 Å². The Kier molecular flexibility index (Phi) is 3.92. The van der Waals surface area contributed by atoms with Crippen molar-refractivity contribution in [3.63, 3.8) is 0 Å². The Morgan fingerprint density at radius 2 is 1.88 bits per heavy atom. The highest BCUT2D eigenvalue weighted by Crippen LogP contribution is 2.36. The van der Waals surface area contributed by atoms with E-state index >= 15 is 0 Å². The number of aromatic nitrogens is 2. The highest BCUT2D eigenvalue weighted by molar-refractivity contribution is 6.30. The van der Waals surface area contributed by atoms with E-state index in [9.17, 15) is 18.0 Å². The minimum Gasteiger partial charge on any atom is -0.481 e. The van der Waals surface area contributed by atoms with Crippen molar-refractivity contribution < 1.29 is 23.1 Å². The highest BCUT2D eigenvalue weighted by atomic mass is 35.5. The zero-order valence-corrected chi connectivity index (χ0v) is 9.33. The van der Waals surface area contributed by atoms with Crippen LogP contribution in [0.4, 0.5) is 13.2 Å². The molecule has 1 N–H and O–H groups in total. The van der Waals surface area contributed by atoms with Crippen LogP contribution in [0.3, 0.4) is 0 Å². The van der Waals surface area contributed by atoms with Gasteiger partial charge in [-0.15, -0.1) is 0 Å². The largest absolute Gasteiger partial charge is 0.481 e. The van der Waals surface area contributed by atoms with E-state index in [-0.39, 0.29) is 5.02 Å². The number of rotatable bonds is 3. The minimum absolute atomic E-state index is 0.123. The molecule has 2 atom stereocenters. The van der Waals surface area contributed by atoms with Gasteiger partial charge in [0.1, 0.15) is 11.7 Å². The first kappa shape index (κ1) is 13.7. The summed E-state index contributed by atoms with van der Waals surface area (Å²) in [6.07, 6.45) is -2.52. The van der Waals surface area contributed by atoms with E-state index < -0.39 is 29.8 Å². The number of nitrogens with zero attached hydrogens (tertiary/aromatic N) is 2. The summed E-state index contributed by atoms with van der Waals surface area (Å²) in [5.74, 6) is -5.96. The topological polar surface area (TPSA) is 63.1 Å². The van der Waals surface area contributed by atoms with Crippen molar-refractivity contribution in [1.29, 1.82) is 0 Å². The summed E-state index contributed by atoms with van der Waals surface area (Å²) in [4.78, 5) is 17.9. The van der Waals surface area contributed by atoms with E-state index in [0.717, 1.165) is 19.3 Å². The number of hydrogen-bond acceptors (Lipinski definition) is 3. The van der Waals surface area contributed by atoms with Crippen molar-refractivity contribution >= 4 is 17.6 Å². The lowest BCUT2D eigenvalue weighted by Crippen LogP contribution is -2.32. The van der Waals surface area contributed by atoms with Gasteiger partial charge in [-0.1, -0.05) is 18.5 Å². The molecule has 0 spiro atoms. The number of alkyl halides is 3. The molecule has 0 aromatic carbocycles. The van der Waals surface area contributed by atoms with Crippen LogP contribution in [-0.2, 0) is 4.79 Å². The van der Waals surface area contributed by atoms with Gasteiger partial charge in [0.15, 0.2) is 0 Å². The summed E-state index contributed by atoms with van der Waals surface area (Å²) in [5, 5.41) is 8.94. The third-order valence-corrected chi connectivity index (χ3v) is 2.40. The summed E-state index contributed by atoms with van der Waals surface area (Å²) in [5.41, 5.74) is 0. The Hall–Kier alpha value is -1.37. The zero-order valence-electron chi connectivity index (χ0n) is 8.57. The maximum absolute atomic E-state index is 12.5.